The lowest BCUT2D eigenvalue weighted by atomic mass is 10.2. The van der Waals surface area contributed by atoms with Crippen molar-refractivity contribution in [3.05, 3.63) is 30.1 Å². The predicted octanol–water partition coefficient (Wildman–Crippen LogP) is 1.13. The average Bonchev–Trinajstić information content (AvgIpc) is 3.19. The molecule has 0 aliphatic carbocycles. The van der Waals surface area contributed by atoms with E-state index < -0.39 is 6.10 Å². The van der Waals surface area contributed by atoms with Gasteiger partial charge in [0.25, 0.3) is 0 Å². The van der Waals surface area contributed by atoms with E-state index in [9.17, 15) is 9.90 Å². The number of aryl methyl sites for hydroxylation is 2. The summed E-state index contributed by atoms with van der Waals surface area (Å²) in [7, 11) is 0. The van der Waals surface area contributed by atoms with Gasteiger partial charge in [-0.25, -0.2) is 4.98 Å². The third-order valence-corrected chi connectivity index (χ3v) is 4.36. The van der Waals surface area contributed by atoms with Gasteiger partial charge in [0.2, 0.25) is 5.91 Å². The fourth-order valence-corrected chi connectivity index (χ4v) is 2.97. The number of carbonyl (C=O) groups excluding carboxylic acids is 1. The SMILES string of the molecule is CC[C@@H](O)c1cc2n(n1)CCCN(C(=O)CCCn1cncn1)C2. The summed E-state index contributed by atoms with van der Waals surface area (Å²) in [5.41, 5.74) is 1.70. The monoisotopic (exact) mass is 332 g/mol. The Morgan fingerprint density at radius 2 is 2.29 bits per heavy atom. The molecule has 0 fully saturated rings. The second kappa shape index (κ2) is 7.57. The van der Waals surface area contributed by atoms with E-state index in [1.807, 2.05) is 22.6 Å². The maximum Gasteiger partial charge on any atom is 0.222 e. The molecule has 0 radical (unpaired) electrons. The highest BCUT2D eigenvalue weighted by Gasteiger charge is 2.21. The fourth-order valence-electron chi connectivity index (χ4n) is 2.97. The van der Waals surface area contributed by atoms with E-state index >= 15 is 0 Å². The number of nitrogens with zero attached hydrogens (tertiary/aromatic N) is 6. The summed E-state index contributed by atoms with van der Waals surface area (Å²) in [6, 6.07) is 1.93. The van der Waals surface area contributed by atoms with Crippen LogP contribution >= 0.6 is 0 Å². The smallest absolute Gasteiger partial charge is 0.222 e. The van der Waals surface area contributed by atoms with Crippen LogP contribution in [-0.4, -0.2) is 47.0 Å². The van der Waals surface area contributed by atoms with E-state index in [0.717, 1.165) is 31.6 Å². The first-order valence-corrected chi connectivity index (χ1v) is 8.52. The summed E-state index contributed by atoms with van der Waals surface area (Å²) in [4.78, 5) is 18.3. The molecule has 1 atom stereocenters. The third-order valence-electron chi connectivity index (χ3n) is 4.36. The zero-order chi connectivity index (χ0) is 16.9. The Kier molecular flexibility index (Phi) is 5.24. The summed E-state index contributed by atoms with van der Waals surface area (Å²) < 4.78 is 3.67. The largest absolute Gasteiger partial charge is 0.387 e. The van der Waals surface area contributed by atoms with Crippen molar-refractivity contribution in [3.63, 3.8) is 0 Å². The Morgan fingerprint density at radius 3 is 3.04 bits per heavy atom. The summed E-state index contributed by atoms with van der Waals surface area (Å²) in [6.45, 7) is 4.72. The molecule has 0 bridgehead atoms. The van der Waals surface area contributed by atoms with Crippen LogP contribution in [0.1, 0.15) is 50.1 Å². The number of hydrogen-bond acceptors (Lipinski definition) is 5. The molecular weight excluding hydrogens is 308 g/mol. The van der Waals surface area contributed by atoms with Gasteiger partial charge >= 0.3 is 0 Å². The minimum absolute atomic E-state index is 0.155. The molecule has 2 aromatic rings. The Bertz CT molecular complexity index is 666. The minimum atomic E-state index is -0.531. The number of amides is 1. The molecule has 3 rings (SSSR count). The van der Waals surface area contributed by atoms with Crippen LogP contribution in [0, 0.1) is 0 Å². The van der Waals surface area contributed by atoms with Crippen molar-refractivity contribution in [2.75, 3.05) is 6.54 Å². The van der Waals surface area contributed by atoms with Crippen LogP contribution in [0.15, 0.2) is 18.7 Å². The zero-order valence-electron chi connectivity index (χ0n) is 14.0. The zero-order valence-corrected chi connectivity index (χ0v) is 14.0. The van der Waals surface area contributed by atoms with Crippen molar-refractivity contribution < 1.29 is 9.90 Å². The van der Waals surface area contributed by atoms with Crippen LogP contribution in [0.5, 0.6) is 0 Å². The second-order valence-electron chi connectivity index (χ2n) is 6.14. The van der Waals surface area contributed by atoms with Crippen molar-refractivity contribution in [1.82, 2.24) is 29.4 Å². The van der Waals surface area contributed by atoms with E-state index in [0.29, 0.717) is 31.6 Å². The van der Waals surface area contributed by atoms with Crippen LogP contribution < -0.4 is 0 Å². The van der Waals surface area contributed by atoms with E-state index in [1.165, 1.54) is 6.33 Å². The molecule has 0 spiro atoms. The lowest BCUT2D eigenvalue weighted by Gasteiger charge is -2.20. The first-order valence-electron chi connectivity index (χ1n) is 8.52. The van der Waals surface area contributed by atoms with Gasteiger partial charge in [0.1, 0.15) is 12.7 Å². The van der Waals surface area contributed by atoms with Crippen LogP contribution in [0.2, 0.25) is 0 Å². The maximum atomic E-state index is 12.5. The molecule has 24 heavy (non-hydrogen) atoms. The number of aliphatic hydroxyl groups excluding tert-OH is 1. The van der Waals surface area contributed by atoms with E-state index in [2.05, 4.69) is 15.2 Å². The summed E-state index contributed by atoms with van der Waals surface area (Å²) in [5.74, 6) is 0.155. The molecule has 3 heterocycles. The first kappa shape index (κ1) is 16.6. The average molecular weight is 332 g/mol. The van der Waals surface area contributed by atoms with Crippen LogP contribution in [-0.2, 0) is 24.4 Å². The summed E-state index contributed by atoms with van der Waals surface area (Å²) >= 11 is 0. The Labute approximate surface area is 141 Å². The highest BCUT2D eigenvalue weighted by atomic mass is 16.3. The minimum Gasteiger partial charge on any atom is -0.387 e. The van der Waals surface area contributed by atoms with Crippen LogP contribution in [0.25, 0.3) is 0 Å². The number of aliphatic hydroxyl groups is 1. The summed E-state index contributed by atoms with van der Waals surface area (Å²) in [6.07, 6.45) is 5.40. The van der Waals surface area contributed by atoms with Crippen molar-refractivity contribution in [3.8, 4) is 0 Å². The summed E-state index contributed by atoms with van der Waals surface area (Å²) in [5, 5.41) is 18.5. The Morgan fingerprint density at radius 1 is 1.42 bits per heavy atom. The van der Waals surface area contributed by atoms with Crippen molar-refractivity contribution >= 4 is 5.91 Å². The van der Waals surface area contributed by atoms with Gasteiger partial charge in [0.15, 0.2) is 0 Å². The number of hydrogen-bond donors (Lipinski definition) is 1. The molecule has 1 aliphatic heterocycles. The molecule has 1 aliphatic rings. The van der Waals surface area contributed by atoms with Crippen LogP contribution in [0.3, 0.4) is 0 Å². The van der Waals surface area contributed by atoms with E-state index in [-0.39, 0.29) is 5.91 Å². The highest BCUT2D eigenvalue weighted by Crippen LogP contribution is 2.20. The van der Waals surface area contributed by atoms with E-state index in [1.54, 1.807) is 11.0 Å². The quantitative estimate of drug-likeness (QED) is 0.856. The van der Waals surface area contributed by atoms with Crippen molar-refractivity contribution in [2.24, 2.45) is 0 Å². The normalized spacial score (nSPS) is 15.8. The first-order chi connectivity index (χ1) is 11.7. The molecule has 0 saturated heterocycles. The Balaban J connectivity index is 1.58. The molecule has 2 aromatic heterocycles. The molecule has 0 saturated carbocycles. The van der Waals surface area contributed by atoms with E-state index in [4.69, 9.17) is 0 Å². The number of fused-ring (bicyclic) bond motifs is 1. The molecule has 8 nitrogen and oxygen atoms in total. The van der Waals surface area contributed by atoms with Gasteiger partial charge in [0, 0.05) is 26.1 Å². The lowest BCUT2D eigenvalue weighted by Crippen LogP contribution is -2.30. The van der Waals surface area contributed by atoms with Gasteiger partial charge in [-0.1, -0.05) is 6.92 Å². The van der Waals surface area contributed by atoms with Gasteiger partial charge in [0.05, 0.1) is 24.0 Å². The fraction of sp³-hybridized carbons (Fsp3) is 0.625. The maximum absolute atomic E-state index is 12.5. The van der Waals surface area contributed by atoms with Crippen molar-refractivity contribution in [1.29, 1.82) is 0 Å². The highest BCUT2D eigenvalue weighted by molar-refractivity contribution is 5.76. The third kappa shape index (κ3) is 3.81. The number of aromatic nitrogens is 5. The molecule has 0 unspecified atom stereocenters. The predicted molar refractivity (Wildman–Crippen MR) is 86.8 cm³/mol. The van der Waals surface area contributed by atoms with Gasteiger partial charge in [-0.15, -0.1) is 0 Å². The molecule has 130 valence electrons. The van der Waals surface area contributed by atoms with Crippen molar-refractivity contribution in [2.45, 2.75) is 58.3 Å². The molecule has 1 N–H and O–H groups in total. The van der Waals surface area contributed by atoms with Gasteiger partial charge in [-0.3, -0.25) is 14.2 Å². The topological polar surface area (TPSA) is 89.1 Å². The van der Waals surface area contributed by atoms with Crippen LogP contribution in [0.4, 0.5) is 0 Å². The standard InChI is InChI=1S/C16H24N6O2/c1-2-15(23)14-9-13-10-20(6-4-8-22(13)19-14)16(24)5-3-7-21-12-17-11-18-21/h9,11-12,15,23H,2-8,10H2,1H3/t15-/m1/s1. The second-order valence-corrected chi connectivity index (χ2v) is 6.14. The Hall–Kier alpha value is -2.22. The van der Waals surface area contributed by atoms with Gasteiger partial charge in [-0.05, 0) is 25.3 Å². The molecule has 0 aromatic carbocycles. The molecular formula is C16H24N6O2. The number of carbonyl (C=O) groups is 1. The molecule has 1 amide bonds. The number of rotatable bonds is 6. The van der Waals surface area contributed by atoms with Gasteiger partial charge < -0.3 is 10.0 Å². The lowest BCUT2D eigenvalue weighted by molar-refractivity contribution is -0.132. The van der Waals surface area contributed by atoms with Gasteiger partial charge in [-0.2, -0.15) is 10.2 Å². The molecule has 8 heteroatoms.